The van der Waals surface area contributed by atoms with Gasteiger partial charge in [0.25, 0.3) is 0 Å². The quantitative estimate of drug-likeness (QED) is 0.791. The average Bonchev–Trinajstić information content (AvgIpc) is 3.31. The van der Waals surface area contributed by atoms with Crippen molar-refractivity contribution in [2.75, 3.05) is 20.3 Å². The summed E-state index contributed by atoms with van der Waals surface area (Å²) < 4.78 is 5.08. The summed E-state index contributed by atoms with van der Waals surface area (Å²) in [6.45, 7) is 1.30. The van der Waals surface area contributed by atoms with Crippen molar-refractivity contribution >= 4 is 5.91 Å². The van der Waals surface area contributed by atoms with Crippen LogP contribution in [-0.2, 0) is 9.53 Å². The summed E-state index contributed by atoms with van der Waals surface area (Å²) in [5.41, 5.74) is 7.23. The van der Waals surface area contributed by atoms with Crippen LogP contribution in [0.5, 0.6) is 0 Å². The van der Waals surface area contributed by atoms with Crippen molar-refractivity contribution in [3.05, 3.63) is 35.9 Å². The lowest BCUT2D eigenvalue weighted by atomic mass is 10.0. The molecule has 1 aliphatic rings. The van der Waals surface area contributed by atoms with E-state index in [9.17, 15) is 4.79 Å². The predicted molar refractivity (Wildman–Crippen MR) is 79.2 cm³/mol. The van der Waals surface area contributed by atoms with Crippen molar-refractivity contribution in [2.45, 2.75) is 37.8 Å². The van der Waals surface area contributed by atoms with Gasteiger partial charge in [-0.25, -0.2) is 0 Å². The highest BCUT2D eigenvalue weighted by Crippen LogP contribution is 2.28. The summed E-state index contributed by atoms with van der Waals surface area (Å²) in [6, 6.07) is 10.3. The van der Waals surface area contributed by atoms with Gasteiger partial charge in [0, 0.05) is 32.2 Å². The molecule has 0 saturated heterocycles. The van der Waals surface area contributed by atoms with Crippen LogP contribution in [0, 0.1) is 0 Å². The molecule has 4 nitrogen and oxygen atoms in total. The molecule has 0 aliphatic heterocycles. The number of rotatable bonds is 8. The van der Waals surface area contributed by atoms with Gasteiger partial charge < -0.3 is 15.4 Å². The number of methoxy groups -OCH3 is 1. The van der Waals surface area contributed by atoms with Gasteiger partial charge in [0.15, 0.2) is 0 Å². The minimum absolute atomic E-state index is 0.0661. The SMILES string of the molecule is COCCN(C(=O)CCC(N)c1ccccc1)C1CC1. The number of carbonyl (C=O) groups is 1. The molecule has 0 heterocycles. The van der Waals surface area contributed by atoms with Gasteiger partial charge in [-0.1, -0.05) is 30.3 Å². The molecule has 1 aromatic rings. The van der Waals surface area contributed by atoms with E-state index in [-0.39, 0.29) is 11.9 Å². The van der Waals surface area contributed by atoms with Crippen LogP contribution in [0.2, 0.25) is 0 Å². The molecule has 1 saturated carbocycles. The minimum atomic E-state index is -0.0661. The minimum Gasteiger partial charge on any atom is -0.383 e. The largest absolute Gasteiger partial charge is 0.383 e. The average molecular weight is 276 g/mol. The highest BCUT2D eigenvalue weighted by Gasteiger charge is 2.31. The van der Waals surface area contributed by atoms with Crippen molar-refractivity contribution in [1.29, 1.82) is 0 Å². The molecule has 0 radical (unpaired) electrons. The summed E-state index contributed by atoms with van der Waals surface area (Å²) in [7, 11) is 1.67. The van der Waals surface area contributed by atoms with E-state index in [0.717, 1.165) is 18.4 Å². The molecular formula is C16H24N2O2. The number of nitrogens with two attached hydrogens (primary N) is 1. The van der Waals surface area contributed by atoms with E-state index in [1.54, 1.807) is 7.11 Å². The Kier molecular flexibility index (Phi) is 5.56. The zero-order valence-electron chi connectivity index (χ0n) is 12.1. The van der Waals surface area contributed by atoms with Crippen LogP contribution < -0.4 is 5.73 Å². The third kappa shape index (κ3) is 4.32. The second-order valence-electron chi connectivity index (χ2n) is 5.37. The molecule has 0 aromatic heterocycles. The monoisotopic (exact) mass is 276 g/mol. The van der Waals surface area contributed by atoms with Gasteiger partial charge >= 0.3 is 0 Å². The first-order valence-corrected chi connectivity index (χ1v) is 7.31. The second kappa shape index (κ2) is 7.41. The lowest BCUT2D eigenvalue weighted by Gasteiger charge is -2.23. The molecule has 1 amide bonds. The van der Waals surface area contributed by atoms with Crippen molar-refractivity contribution in [3.63, 3.8) is 0 Å². The maximum Gasteiger partial charge on any atom is 0.222 e. The molecule has 2 N–H and O–H groups in total. The van der Waals surface area contributed by atoms with Crippen molar-refractivity contribution in [2.24, 2.45) is 5.73 Å². The molecule has 1 fully saturated rings. The van der Waals surface area contributed by atoms with E-state index in [1.165, 1.54) is 0 Å². The fourth-order valence-electron chi connectivity index (χ4n) is 2.38. The Morgan fingerprint density at radius 2 is 2.10 bits per heavy atom. The number of nitrogens with zero attached hydrogens (tertiary/aromatic N) is 1. The molecule has 20 heavy (non-hydrogen) atoms. The normalized spacial score (nSPS) is 15.9. The van der Waals surface area contributed by atoms with Crippen LogP contribution in [0.15, 0.2) is 30.3 Å². The predicted octanol–water partition coefficient (Wildman–Crippen LogP) is 2.10. The van der Waals surface area contributed by atoms with Crippen molar-refractivity contribution < 1.29 is 9.53 Å². The molecule has 1 unspecified atom stereocenters. The highest BCUT2D eigenvalue weighted by molar-refractivity contribution is 5.77. The van der Waals surface area contributed by atoms with Gasteiger partial charge in [0.05, 0.1) is 6.61 Å². The molecule has 0 bridgehead atoms. The van der Waals surface area contributed by atoms with Crippen LogP contribution in [0.3, 0.4) is 0 Å². The molecule has 1 aromatic carbocycles. The number of amides is 1. The first-order valence-electron chi connectivity index (χ1n) is 7.31. The number of benzene rings is 1. The van der Waals surface area contributed by atoms with Gasteiger partial charge in [0.2, 0.25) is 5.91 Å². The van der Waals surface area contributed by atoms with E-state index in [2.05, 4.69) is 0 Å². The first kappa shape index (κ1) is 15.0. The topological polar surface area (TPSA) is 55.6 Å². The fraction of sp³-hybridized carbons (Fsp3) is 0.562. The maximum absolute atomic E-state index is 12.3. The van der Waals surface area contributed by atoms with Gasteiger partial charge in [-0.3, -0.25) is 4.79 Å². The Morgan fingerprint density at radius 1 is 1.40 bits per heavy atom. The summed E-state index contributed by atoms with van der Waals surface area (Å²) in [6.07, 6.45) is 3.45. The third-order valence-electron chi connectivity index (χ3n) is 3.74. The van der Waals surface area contributed by atoms with Gasteiger partial charge in [-0.05, 0) is 24.8 Å². The van der Waals surface area contributed by atoms with Crippen LogP contribution in [0.25, 0.3) is 0 Å². The number of hydrogen-bond acceptors (Lipinski definition) is 3. The maximum atomic E-state index is 12.3. The Balaban J connectivity index is 1.81. The molecule has 1 aliphatic carbocycles. The Labute approximate surface area is 120 Å². The van der Waals surface area contributed by atoms with Gasteiger partial charge in [-0.15, -0.1) is 0 Å². The van der Waals surface area contributed by atoms with Crippen molar-refractivity contribution in [3.8, 4) is 0 Å². The zero-order valence-corrected chi connectivity index (χ0v) is 12.1. The van der Waals surface area contributed by atoms with Crippen molar-refractivity contribution in [1.82, 2.24) is 4.90 Å². The molecule has 1 atom stereocenters. The van der Waals surface area contributed by atoms with E-state index in [4.69, 9.17) is 10.5 Å². The molecule has 4 heteroatoms. The van der Waals surface area contributed by atoms with Crippen LogP contribution >= 0.6 is 0 Å². The zero-order chi connectivity index (χ0) is 14.4. The van der Waals surface area contributed by atoms with E-state index in [1.807, 2.05) is 35.2 Å². The van der Waals surface area contributed by atoms with Crippen LogP contribution in [0.1, 0.15) is 37.3 Å². The number of ether oxygens (including phenoxy) is 1. The number of hydrogen-bond donors (Lipinski definition) is 1. The Morgan fingerprint density at radius 3 is 2.70 bits per heavy atom. The smallest absolute Gasteiger partial charge is 0.222 e. The molecule has 2 rings (SSSR count). The van der Waals surface area contributed by atoms with Crippen LogP contribution in [-0.4, -0.2) is 37.1 Å². The lowest BCUT2D eigenvalue weighted by Crippen LogP contribution is -2.36. The molecular weight excluding hydrogens is 252 g/mol. The summed E-state index contributed by atoms with van der Waals surface area (Å²) >= 11 is 0. The van der Waals surface area contributed by atoms with E-state index in [0.29, 0.717) is 32.0 Å². The van der Waals surface area contributed by atoms with Gasteiger partial charge in [-0.2, -0.15) is 0 Å². The standard InChI is InChI=1S/C16H24N2O2/c1-20-12-11-18(14-7-8-14)16(19)10-9-15(17)13-5-3-2-4-6-13/h2-6,14-15H,7-12,17H2,1H3. The Bertz CT molecular complexity index is 418. The second-order valence-corrected chi connectivity index (χ2v) is 5.37. The lowest BCUT2D eigenvalue weighted by molar-refractivity contribution is -0.132. The van der Waals surface area contributed by atoms with Crippen LogP contribution in [0.4, 0.5) is 0 Å². The first-order chi connectivity index (χ1) is 9.72. The summed E-state index contributed by atoms with van der Waals surface area (Å²) in [4.78, 5) is 14.2. The summed E-state index contributed by atoms with van der Waals surface area (Å²) in [5, 5.41) is 0. The van der Waals surface area contributed by atoms with Gasteiger partial charge in [0.1, 0.15) is 0 Å². The summed E-state index contributed by atoms with van der Waals surface area (Å²) in [5.74, 6) is 0.205. The van der Waals surface area contributed by atoms with E-state index < -0.39 is 0 Å². The fourth-order valence-corrected chi connectivity index (χ4v) is 2.38. The molecule has 0 spiro atoms. The number of carbonyl (C=O) groups excluding carboxylic acids is 1. The Hall–Kier alpha value is -1.39. The van der Waals surface area contributed by atoms with E-state index >= 15 is 0 Å². The highest BCUT2D eigenvalue weighted by atomic mass is 16.5. The molecule has 110 valence electrons. The third-order valence-corrected chi connectivity index (χ3v) is 3.74.